The molecule has 2 aliphatic rings. The van der Waals surface area contributed by atoms with E-state index >= 15 is 0 Å². The first kappa shape index (κ1) is 23.4. The molecule has 2 fully saturated rings. The molecule has 0 bridgehead atoms. The number of rotatable bonds is 7. The molecule has 8 heteroatoms. The summed E-state index contributed by atoms with van der Waals surface area (Å²) in [5.74, 6) is 1.25. The zero-order valence-corrected chi connectivity index (χ0v) is 18.9. The van der Waals surface area contributed by atoms with E-state index in [1.165, 1.54) is 0 Å². The van der Waals surface area contributed by atoms with Crippen LogP contribution in [0.3, 0.4) is 0 Å². The predicted molar refractivity (Wildman–Crippen MR) is 116 cm³/mol. The summed E-state index contributed by atoms with van der Waals surface area (Å²) in [6.45, 7) is 12.0. The van der Waals surface area contributed by atoms with Crippen molar-refractivity contribution in [2.24, 2.45) is 4.99 Å². The second kappa shape index (κ2) is 12.7. The van der Waals surface area contributed by atoms with Gasteiger partial charge in [-0.3, -0.25) is 14.7 Å². The van der Waals surface area contributed by atoms with Gasteiger partial charge in [0.25, 0.3) is 0 Å². The summed E-state index contributed by atoms with van der Waals surface area (Å²) in [5.41, 5.74) is 0. The van der Waals surface area contributed by atoms with Gasteiger partial charge in [-0.15, -0.1) is 24.0 Å². The van der Waals surface area contributed by atoms with Crippen LogP contribution < -0.4 is 5.32 Å². The van der Waals surface area contributed by atoms with Gasteiger partial charge >= 0.3 is 0 Å². The molecule has 1 atom stereocenters. The quantitative estimate of drug-likeness (QED) is 0.257. The highest BCUT2D eigenvalue weighted by Gasteiger charge is 2.30. The van der Waals surface area contributed by atoms with Crippen LogP contribution in [0.5, 0.6) is 0 Å². The van der Waals surface area contributed by atoms with Gasteiger partial charge in [-0.1, -0.05) is 0 Å². The molecular weight excluding hydrogens is 445 g/mol. The average molecular weight is 481 g/mol. The third kappa shape index (κ3) is 6.84. The lowest BCUT2D eigenvalue weighted by Crippen LogP contribution is -2.57. The first-order valence-corrected chi connectivity index (χ1v) is 9.73. The largest absolute Gasteiger partial charge is 0.382 e. The van der Waals surface area contributed by atoms with Gasteiger partial charge in [0.2, 0.25) is 5.91 Å². The number of guanidine groups is 1. The number of piperazine rings is 1. The Balaban J connectivity index is 0.00000338. The van der Waals surface area contributed by atoms with E-state index in [0.29, 0.717) is 5.91 Å². The van der Waals surface area contributed by atoms with Crippen molar-refractivity contribution < 1.29 is 9.53 Å². The van der Waals surface area contributed by atoms with Crippen LogP contribution in [0.1, 0.15) is 33.1 Å². The molecule has 0 aromatic carbocycles. The van der Waals surface area contributed by atoms with Crippen molar-refractivity contribution in [3.63, 3.8) is 0 Å². The number of nitrogens with zero attached hydrogens (tertiary/aromatic N) is 4. The normalized spacial score (nSPS) is 20.0. The fraction of sp³-hybridized carbons (Fsp3) is 0.889. The highest BCUT2D eigenvalue weighted by molar-refractivity contribution is 14.0. The summed E-state index contributed by atoms with van der Waals surface area (Å²) in [6, 6.07) is -0.0126. The highest BCUT2D eigenvalue weighted by Crippen LogP contribution is 2.14. The number of nitrogens with one attached hydrogen (secondary N) is 1. The third-order valence-corrected chi connectivity index (χ3v) is 5.10. The smallest absolute Gasteiger partial charge is 0.239 e. The standard InChI is InChI=1S/C18H35N5O2.HI/c1-4-25-15-7-8-20-18(19-3)23-13-11-21(12-14-23)16(2)17(24)22-9-5-6-10-22;/h16H,4-15H2,1-3H3,(H,19,20);1H. The van der Waals surface area contributed by atoms with E-state index in [1.54, 1.807) is 0 Å². The van der Waals surface area contributed by atoms with Crippen LogP contribution in [-0.2, 0) is 9.53 Å². The Hall–Kier alpha value is -0.610. The number of ether oxygens (including phenoxy) is 1. The molecule has 7 nitrogen and oxygen atoms in total. The van der Waals surface area contributed by atoms with Crippen molar-refractivity contribution in [3.8, 4) is 0 Å². The van der Waals surface area contributed by atoms with E-state index in [-0.39, 0.29) is 30.0 Å². The van der Waals surface area contributed by atoms with E-state index in [2.05, 4.69) is 27.0 Å². The van der Waals surface area contributed by atoms with Crippen LogP contribution in [0.15, 0.2) is 4.99 Å². The van der Waals surface area contributed by atoms with Crippen LogP contribution in [0.4, 0.5) is 0 Å². The Morgan fingerprint density at radius 3 is 2.35 bits per heavy atom. The van der Waals surface area contributed by atoms with E-state index < -0.39 is 0 Å². The molecule has 0 aromatic heterocycles. The van der Waals surface area contributed by atoms with Crippen molar-refractivity contribution in [1.29, 1.82) is 0 Å². The van der Waals surface area contributed by atoms with Crippen molar-refractivity contribution >= 4 is 35.8 Å². The molecule has 0 aromatic rings. The molecule has 1 N–H and O–H groups in total. The lowest BCUT2D eigenvalue weighted by Gasteiger charge is -2.39. The topological polar surface area (TPSA) is 60.4 Å². The van der Waals surface area contributed by atoms with Crippen LogP contribution in [0, 0.1) is 0 Å². The fourth-order valence-corrected chi connectivity index (χ4v) is 3.53. The monoisotopic (exact) mass is 481 g/mol. The molecule has 0 saturated carbocycles. The molecule has 2 heterocycles. The Bertz CT molecular complexity index is 435. The number of carbonyl (C=O) groups is 1. The molecule has 26 heavy (non-hydrogen) atoms. The van der Waals surface area contributed by atoms with Gasteiger partial charge in [-0.25, -0.2) is 0 Å². The maximum Gasteiger partial charge on any atom is 0.239 e. The zero-order valence-electron chi connectivity index (χ0n) is 16.6. The highest BCUT2D eigenvalue weighted by atomic mass is 127. The minimum Gasteiger partial charge on any atom is -0.382 e. The van der Waals surface area contributed by atoms with E-state index in [0.717, 1.165) is 84.2 Å². The SMILES string of the molecule is CCOCCCNC(=NC)N1CCN(C(C)C(=O)N2CCCC2)CC1.I. The zero-order chi connectivity index (χ0) is 18.1. The summed E-state index contributed by atoms with van der Waals surface area (Å²) in [7, 11) is 1.83. The van der Waals surface area contributed by atoms with Crippen LogP contribution >= 0.6 is 24.0 Å². The average Bonchev–Trinajstić information content (AvgIpc) is 3.18. The van der Waals surface area contributed by atoms with Gasteiger partial charge in [0.1, 0.15) is 0 Å². The third-order valence-electron chi connectivity index (χ3n) is 5.10. The van der Waals surface area contributed by atoms with Crippen LogP contribution in [-0.4, -0.2) is 98.7 Å². The van der Waals surface area contributed by atoms with Crippen molar-refractivity contribution in [3.05, 3.63) is 0 Å². The predicted octanol–water partition coefficient (Wildman–Crippen LogP) is 1.23. The fourth-order valence-electron chi connectivity index (χ4n) is 3.53. The van der Waals surface area contributed by atoms with Gasteiger partial charge in [0, 0.05) is 66.1 Å². The van der Waals surface area contributed by atoms with E-state index in [4.69, 9.17) is 4.74 Å². The molecular formula is C18H36IN5O2. The van der Waals surface area contributed by atoms with Gasteiger partial charge in [-0.2, -0.15) is 0 Å². The lowest BCUT2D eigenvalue weighted by atomic mass is 10.2. The Kier molecular flexibility index (Phi) is 11.5. The summed E-state index contributed by atoms with van der Waals surface area (Å²) in [6.07, 6.45) is 3.28. The number of carbonyl (C=O) groups excluding carboxylic acids is 1. The van der Waals surface area contributed by atoms with E-state index in [9.17, 15) is 4.79 Å². The molecule has 2 aliphatic heterocycles. The van der Waals surface area contributed by atoms with Gasteiger partial charge in [0.05, 0.1) is 6.04 Å². The molecule has 0 aliphatic carbocycles. The second-order valence-corrected chi connectivity index (χ2v) is 6.76. The Morgan fingerprint density at radius 1 is 1.12 bits per heavy atom. The summed E-state index contributed by atoms with van der Waals surface area (Å²) < 4.78 is 5.36. The number of hydrogen-bond donors (Lipinski definition) is 1. The van der Waals surface area contributed by atoms with Crippen LogP contribution in [0.25, 0.3) is 0 Å². The van der Waals surface area contributed by atoms with E-state index in [1.807, 2.05) is 18.9 Å². The molecule has 0 radical (unpaired) electrons. The molecule has 0 spiro atoms. The summed E-state index contributed by atoms with van der Waals surface area (Å²) in [5, 5.41) is 3.41. The molecule has 2 saturated heterocycles. The molecule has 1 unspecified atom stereocenters. The maximum atomic E-state index is 12.6. The summed E-state index contributed by atoms with van der Waals surface area (Å²) in [4.78, 5) is 23.6. The van der Waals surface area contributed by atoms with Crippen molar-refractivity contribution in [2.45, 2.75) is 39.2 Å². The number of likely N-dealkylation sites (tertiary alicyclic amines) is 1. The number of amides is 1. The minimum atomic E-state index is -0.0126. The molecule has 1 amide bonds. The van der Waals surface area contributed by atoms with Gasteiger partial charge in [0.15, 0.2) is 5.96 Å². The van der Waals surface area contributed by atoms with Crippen molar-refractivity contribution in [2.75, 3.05) is 66.1 Å². The maximum absolute atomic E-state index is 12.6. The minimum absolute atomic E-state index is 0. The summed E-state index contributed by atoms with van der Waals surface area (Å²) >= 11 is 0. The Morgan fingerprint density at radius 2 is 1.77 bits per heavy atom. The molecule has 2 rings (SSSR count). The Labute approximate surface area is 175 Å². The number of aliphatic imine (C=N–C) groups is 1. The second-order valence-electron chi connectivity index (χ2n) is 6.76. The molecule has 152 valence electrons. The van der Waals surface area contributed by atoms with Crippen molar-refractivity contribution in [1.82, 2.24) is 20.0 Å². The van der Waals surface area contributed by atoms with Gasteiger partial charge < -0.3 is 19.9 Å². The van der Waals surface area contributed by atoms with Gasteiger partial charge in [-0.05, 0) is 33.1 Å². The number of hydrogen-bond acceptors (Lipinski definition) is 4. The van der Waals surface area contributed by atoms with Crippen LogP contribution in [0.2, 0.25) is 0 Å². The first-order valence-electron chi connectivity index (χ1n) is 9.73. The lowest BCUT2D eigenvalue weighted by molar-refractivity contribution is -0.135. The first-order chi connectivity index (χ1) is 12.2. The number of halogens is 1.